The molecule has 0 aliphatic carbocycles. The first-order chi connectivity index (χ1) is 7.63. The lowest BCUT2D eigenvalue weighted by Crippen LogP contribution is -2.25. The maximum Gasteiger partial charge on any atom is 0.0931 e. The van der Waals surface area contributed by atoms with Crippen LogP contribution in [0.1, 0.15) is 24.9 Å². The molecule has 0 bridgehead atoms. The Morgan fingerprint density at radius 1 is 1.62 bits per heavy atom. The number of methoxy groups -OCH3 is 1. The van der Waals surface area contributed by atoms with Crippen molar-refractivity contribution in [2.75, 3.05) is 20.3 Å². The number of hydrogen-bond acceptors (Lipinski definition) is 4. The number of aliphatic hydroxyl groups is 1. The SMILES string of the molecule is COCC(O)CCNC(C)c1csc(Cl)c1. The highest BCUT2D eigenvalue weighted by molar-refractivity contribution is 7.14. The molecule has 1 heterocycles. The lowest BCUT2D eigenvalue weighted by atomic mass is 10.1. The lowest BCUT2D eigenvalue weighted by Gasteiger charge is -2.14. The van der Waals surface area contributed by atoms with Gasteiger partial charge in [0.05, 0.1) is 17.0 Å². The Morgan fingerprint density at radius 2 is 2.38 bits per heavy atom. The Balaban J connectivity index is 2.22. The van der Waals surface area contributed by atoms with E-state index in [0.717, 1.165) is 10.9 Å². The maximum atomic E-state index is 9.45. The molecule has 1 aromatic rings. The quantitative estimate of drug-likeness (QED) is 0.794. The van der Waals surface area contributed by atoms with Gasteiger partial charge in [0.1, 0.15) is 0 Å². The largest absolute Gasteiger partial charge is 0.391 e. The van der Waals surface area contributed by atoms with Crippen molar-refractivity contribution in [3.8, 4) is 0 Å². The fourth-order valence-corrected chi connectivity index (χ4v) is 2.40. The van der Waals surface area contributed by atoms with Crippen LogP contribution >= 0.6 is 22.9 Å². The van der Waals surface area contributed by atoms with Crippen LogP contribution in [0.4, 0.5) is 0 Å². The van der Waals surface area contributed by atoms with Crippen molar-refractivity contribution < 1.29 is 9.84 Å². The summed E-state index contributed by atoms with van der Waals surface area (Å²) in [4.78, 5) is 0. The van der Waals surface area contributed by atoms with Crippen molar-refractivity contribution in [1.29, 1.82) is 0 Å². The average Bonchev–Trinajstić information content (AvgIpc) is 2.65. The third kappa shape index (κ3) is 4.80. The monoisotopic (exact) mass is 263 g/mol. The Kier molecular flexibility index (Phi) is 6.31. The molecule has 16 heavy (non-hydrogen) atoms. The molecule has 2 unspecified atom stereocenters. The summed E-state index contributed by atoms with van der Waals surface area (Å²) in [6.07, 6.45) is 0.298. The molecule has 3 nitrogen and oxygen atoms in total. The van der Waals surface area contributed by atoms with Crippen LogP contribution in [-0.2, 0) is 4.74 Å². The molecule has 92 valence electrons. The Labute approximate surface area is 105 Å². The van der Waals surface area contributed by atoms with Gasteiger partial charge in [0.15, 0.2) is 0 Å². The van der Waals surface area contributed by atoms with Crippen LogP contribution in [0.2, 0.25) is 4.34 Å². The summed E-state index contributed by atoms with van der Waals surface area (Å²) in [7, 11) is 1.59. The van der Waals surface area contributed by atoms with Crippen LogP contribution in [-0.4, -0.2) is 31.5 Å². The van der Waals surface area contributed by atoms with E-state index in [9.17, 15) is 5.11 Å². The molecule has 0 aromatic carbocycles. The van der Waals surface area contributed by atoms with Gasteiger partial charge in [0.2, 0.25) is 0 Å². The van der Waals surface area contributed by atoms with Gasteiger partial charge in [-0.25, -0.2) is 0 Å². The van der Waals surface area contributed by atoms with Crippen molar-refractivity contribution in [2.45, 2.75) is 25.5 Å². The van der Waals surface area contributed by atoms with Crippen LogP contribution in [0.25, 0.3) is 0 Å². The van der Waals surface area contributed by atoms with Gasteiger partial charge in [-0.3, -0.25) is 0 Å². The normalized spacial score (nSPS) is 15.0. The van der Waals surface area contributed by atoms with Crippen LogP contribution in [0, 0.1) is 0 Å². The van der Waals surface area contributed by atoms with E-state index in [1.807, 2.05) is 11.4 Å². The van der Waals surface area contributed by atoms with Gasteiger partial charge in [-0.2, -0.15) is 0 Å². The van der Waals surface area contributed by atoms with E-state index >= 15 is 0 Å². The minimum absolute atomic E-state index is 0.262. The Hall–Kier alpha value is -0.130. The van der Waals surface area contributed by atoms with Gasteiger partial charge in [-0.05, 0) is 36.9 Å². The number of nitrogens with one attached hydrogen (secondary N) is 1. The van der Waals surface area contributed by atoms with Crippen LogP contribution in [0.5, 0.6) is 0 Å². The predicted octanol–water partition coefficient (Wildman–Crippen LogP) is 2.45. The zero-order chi connectivity index (χ0) is 12.0. The number of ether oxygens (including phenoxy) is 1. The second kappa shape index (κ2) is 7.25. The first-order valence-corrected chi connectivity index (χ1v) is 6.53. The fraction of sp³-hybridized carbons (Fsp3) is 0.636. The topological polar surface area (TPSA) is 41.5 Å². The van der Waals surface area contributed by atoms with E-state index in [0.29, 0.717) is 13.0 Å². The van der Waals surface area contributed by atoms with E-state index in [4.69, 9.17) is 16.3 Å². The van der Waals surface area contributed by atoms with Crippen molar-refractivity contribution >= 4 is 22.9 Å². The molecule has 0 aliphatic rings. The summed E-state index contributed by atoms with van der Waals surface area (Å²) >= 11 is 7.40. The van der Waals surface area contributed by atoms with Gasteiger partial charge >= 0.3 is 0 Å². The molecule has 0 amide bonds. The highest BCUT2D eigenvalue weighted by Crippen LogP contribution is 2.24. The molecule has 0 fully saturated rings. The molecule has 0 saturated carbocycles. The average molecular weight is 264 g/mol. The second-order valence-corrected chi connectivity index (χ2v) is 5.30. The zero-order valence-corrected chi connectivity index (χ0v) is 11.1. The fourth-order valence-electron chi connectivity index (χ4n) is 1.41. The van der Waals surface area contributed by atoms with E-state index in [1.54, 1.807) is 7.11 Å². The first-order valence-electron chi connectivity index (χ1n) is 5.27. The number of hydrogen-bond donors (Lipinski definition) is 2. The highest BCUT2D eigenvalue weighted by atomic mass is 35.5. The summed E-state index contributed by atoms with van der Waals surface area (Å²) in [6.45, 7) is 3.24. The maximum absolute atomic E-state index is 9.45. The van der Waals surface area contributed by atoms with Gasteiger partial charge in [-0.15, -0.1) is 11.3 Å². The predicted molar refractivity (Wildman–Crippen MR) is 68.2 cm³/mol. The van der Waals surface area contributed by atoms with Crippen molar-refractivity contribution in [3.05, 3.63) is 21.3 Å². The molecule has 1 rings (SSSR count). The number of aliphatic hydroxyl groups excluding tert-OH is 1. The molecular weight excluding hydrogens is 246 g/mol. The van der Waals surface area contributed by atoms with Crippen LogP contribution in [0.3, 0.4) is 0 Å². The van der Waals surface area contributed by atoms with E-state index in [-0.39, 0.29) is 6.04 Å². The summed E-state index contributed by atoms with van der Waals surface area (Å²) < 4.78 is 5.66. The molecular formula is C11H18ClNO2S. The number of thiophene rings is 1. The number of rotatable bonds is 7. The molecule has 0 saturated heterocycles. The van der Waals surface area contributed by atoms with Gasteiger partial charge in [-0.1, -0.05) is 11.6 Å². The molecule has 0 radical (unpaired) electrons. The molecule has 0 spiro atoms. The highest BCUT2D eigenvalue weighted by Gasteiger charge is 2.08. The van der Waals surface area contributed by atoms with Crippen molar-refractivity contribution in [1.82, 2.24) is 5.32 Å². The molecule has 0 aliphatic heterocycles. The van der Waals surface area contributed by atoms with Gasteiger partial charge in [0.25, 0.3) is 0 Å². The summed E-state index contributed by atoms with van der Waals surface area (Å²) in [6, 6.07) is 2.23. The minimum Gasteiger partial charge on any atom is -0.391 e. The van der Waals surface area contributed by atoms with Gasteiger partial charge in [0, 0.05) is 13.2 Å². The van der Waals surface area contributed by atoms with Crippen molar-refractivity contribution in [3.63, 3.8) is 0 Å². The van der Waals surface area contributed by atoms with Crippen LogP contribution < -0.4 is 5.32 Å². The summed E-state index contributed by atoms with van der Waals surface area (Å²) in [5.41, 5.74) is 1.19. The van der Waals surface area contributed by atoms with E-state index in [2.05, 4.69) is 12.2 Å². The molecule has 2 N–H and O–H groups in total. The smallest absolute Gasteiger partial charge is 0.0931 e. The Morgan fingerprint density at radius 3 is 2.94 bits per heavy atom. The minimum atomic E-state index is -0.393. The van der Waals surface area contributed by atoms with Crippen LogP contribution in [0.15, 0.2) is 11.4 Å². The molecule has 1 aromatic heterocycles. The van der Waals surface area contributed by atoms with Gasteiger partial charge < -0.3 is 15.2 Å². The number of halogens is 1. The lowest BCUT2D eigenvalue weighted by molar-refractivity contribution is 0.0590. The summed E-state index contributed by atoms with van der Waals surface area (Å²) in [5, 5.41) is 14.8. The second-order valence-electron chi connectivity index (χ2n) is 3.76. The zero-order valence-electron chi connectivity index (χ0n) is 9.57. The Bertz CT molecular complexity index is 306. The first kappa shape index (κ1) is 13.9. The van der Waals surface area contributed by atoms with E-state index in [1.165, 1.54) is 16.9 Å². The van der Waals surface area contributed by atoms with E-state index < -0.39 is 6.10 Å². The standard InChI is InChI=1S/C11H18ClNO2S/c1-8(9-5-11(12)16-7-9)13-4-3-10(14)6-15-2/h5,7-8,10,13-14H,3-4,6H2,1-2H3. The summed E-state index contributed by atoms with van der Waals surface area (Å²) in [5.74, 6) is 0. The third-order valence-electron chi connectivity index (χ3n) is 2.37. The third-order valence-corrected chi connectivity index (χ3v) is 3.48. The van der Waals surface area contributed by atoms with Crippen molar-refractivity contribution in [2.24, 2.45) is 0 Å². The molecule has 5 heteroatoms. The molecule has 2 atom stereocenters.